The predicted molar refractivity (Wildman–Crippen MR) is 82.1 cm³/mol. The lowest BCUT2D eigenvalue weighted by Crippen LogP contribution is -2.33. The van der Waals surface area contributed by atoms with Crippen LogP contribution in [0.5, 0.6) is 0 Å². The topological polar surface area (TPSA) is 47.3 Å². The lowest BCUT2D eigenvalue weighted by molar-refractivity contribution is 0.0315. The van der Waals surface area contributed by atoms with Gasteiger partial charge in [0.25, 0.3) is 0 Å². The van der Waals surface area contributed by atoms with Crippen LogP contribution >= 0.6 is 28.1 Å². The summed E-state index contributed by atoms with van der Waals surface area (Å²) in [5.74, 6) is 0. The van der Waals surface area contributed by atoms with Crippen molar-refractivity contribution in [3.63, 3.8) is 0 Å². The van der Waals surface area contributed by atoms with Gasteiger partial charge in [-0.15, -0.1) is 0 Å². The molecule has 0 amide bonds. The van der Waals surface area contributed by atoms with Crippen LogP contribution in [0.4, 0.5) is 5.69 Å². The SMILES string of the molecule is CC1(CNc2ccc(Br)cc2C(N)=S)CCCO1. The van der Waals surface area contributed by atoms with E-state index in [1.165, 1.54) is 0 Å². The lowest BCUT2D eigenvalue weighted by atomic mass is 10.0. The molecule has 1 saturated heterocycles. The van der Waals surface area contributed by atoms with E-state index < -0.39 is 0 Å². The Bertz CT molecular complexity index is 458. The van der Waals surface area contributed by atoms with E-state index in [0.717, 1.165) is 41.7 Å². The average Bonchev–Trinajstić information content (AvgIpc) is 2.75. The third-order valence-corrected chi connectivity index (χ3v) is 3.91. The first-order valence-corrected chi connectivity index (χ1v) is 7.17. The van der Waals surface area contributed by atoms with Crippen LogP contribution in [0, 0.1) is 0 Å². The normalized spacial score (nSPS) is 23.0. The Balaban J connectivity index is 2.11. The minimum Gasteiger partial charge on any atom is -0.389 e. The minimum atomic E-state index is -0.0828. The number of nitrogens with two attached hydrogens (primary N) is 1. The molecule has 18 heavy (non-hydrogen) atoms. The Morgan fingerprint density at radius 2 is 2.39 bits per heavy atom. The molecule has 5 heteroatoms. The first-order valence-electron chi connectivity index (χ1n) is 5.97. The van der Waals surface area contributed by atoms with E-state index in [0.29, 0.717) is 4.99 Å². The second kappa shape index (κ2) is 5.55. The van der Waals surface area contributed by atoms with E-state index in [1.54, 1.807) is 0 Å². The van der Waals surface area contributed by atoms with Crippen LogP contribution in [-0.4, -0.2) is 23.7 Å². The maximum atomic E-state index is 5.75. The number of benzene rings is 1. The molecular formula is C13H17BrN2OS. The first-order chi connectivity index (χ1) is 8.50. The quantitative estimate of drug-likeness (QED) is 0.834. The number of ether oxygens (including phenoxy) is 1. The second-order valence-corrected chi connectivity index (χ2v) is 6.17. The summed E-state index contributed by atoms with van der Waals surface area (Å²) in [6.07, 6.45) is 2.21. The summed E-state index contributed by atoms with van der Waals surface area (Å²) in [4.78, 5) is 0.399. The maximum absolute atomic E-state index is 5.75. The van der Waals surface area contributed by atoms with Crippen molar-refractivity contribution in [1.29, 1.82) is 0 Å². The van der Waals surface area contributed by atoms with Crippen molar-refractivity contribution in [1.82, 2.24) is 0 Å². The molecule has 1 fully saturated rings. The highest BCUT2D eigenvalue weighted by Crippen LogP contribution is 2.27. The number of rotatable bonds is 4. The van der Waals surface area contributed by atoms with E-state index in [9.17, 15) is 0 Å². The van der Waals surface area contributed by atoms with Crippen molar-refractivity contribution in [2.45, 2.75) is 25.4 Å². The molecule has 1 unspecified atom stereocenters. The number of anilines is 1. The summed E-state index contributed by atoms with van der Waals surface area (Å²) in [5.41, 5.74) is 7.48. The van der Waals surface area contributed by atoms with Crippen LogP contribution < -0.4 is 11.1 Å². The standard InChI is InChI=1S/C13H17BrN2OS/c1-13(5-2-6-17-13)8-16-11-4-3-9(14)7-10(11)12(15)18/h3-4,7,16H,2,5-6,8H2,1H3,(H2,15,18). The van der Waals surface area contributed by atoms with E-state index in [2.05, 4.69) is 28.2 Å². The molecular weight excluding hydrogens is 312 g/mol. The molecule has 2 rings (SSSR count). The van der Waals surface area contributed by atoms with Gasteiger partial charge in [-0.1, -0.05) is 28.1 Å². The highest BCUT2D eigenvalue weighted by molar-refractivity contribution is 9.10. The van der Waals surface area contributed by atoms with Crippen molar-refractivity contribution >= 4 is 38.8 Å². The molecule has 0 radical (unpaired) electrons. The lowest BCUT2D eigenvalue weighted by Gasteiger charge is -2.24. The van der Waals surface area contributed by atoms with Gasteiger partial charge in [-0.05, 0) is 38.0 Å². The van der Waals surface area contributed by atoms with Gasteiger partial charge in [0.2, 0.25) is 0 Å². The van der Waals surface area contributed by atoms with Gasteiger partial charge in [0.05, 0.1) is 5.60 Å². The van der Waals surface area contributed by atoms with Crippen molar-refractivity contribution in [2.24, 2.45) is 5.73 Å². The molecule has 0 spiro atoms. The highest BCUT2D eigenvalue weighted by Gasteiger charge is 2.29. The van der Waals surface area contributed by atoms with Gasteiger partial charge >= 0.3 is 0 Å². The van der Waals surface area contributed by atoms with Gasteiger partial charge in [0.15, 0.2) is 0 Å². The number of thiocarbonyl (C=S) groups is 1. The molecule has 1 aromatic rings. The van der Waals surface area contributed by atoms with Crippen molar-refractivity contribution < 1.29 is 4.74 Å². The summed E-state index contributed by atoms with van der Waals surface area (Å²) in [6, 6.07) is 5.89. The Hall–Kier alpha value is -0.650. The Kier molecular flexibility index (Phi) is 4.25. The molecule has 0 aromatic heterocycles. The van der Waals surface area contributed by atoms with Crippen LogP contribution in [0.15, 0.2) is 22.7 Å². The predicted octanol–water partition coefficient (Wildman–Crippen LogP) is 3.06. The molecule has 1 atom stereocenters. The number of nitrogens with one attached hydrogen (secondary N) is 1. The molecule has 3 N–H and O–H groups in total. The Morgan fingerprint density at radius 3 is 3.00 bits per heavy atom. The molecule has 1 heterocycles. The molecule has 3 nitrogen and oxygen atoms in total. The molecule has 0 saturated carbocycles. The van der Waals surface area contributed by atoms with Gasteiger partial charge in [0, 0.05) is 28.9 Å². The zero-order chi connectivity index (χ0) is 13.2. The minimum absolute atomic E-state index is 0.0828. The number of halogens is 1. The second-order valence-electron chi connectivity index (χ2n) is 4.81. The van der Waals surface area contributed by atoms with Crippen LogP contribution in [-0.2, 0) is 4.74 Å². The van der Waals surface area contributed by atoms with Crippen LogP contribution in [0.2, 0.25) is 0 Å². The zero-order valence-electron chi connectivity index (χ0n) is 10.3. The van der Waals surface area contributed by atoms with Gasteiger partial charge in [-0.3, -0.25) is 0 Å². The molecule has 1 aliphatic heterocycles. The number of hydrogen-bond acceptors (Lipinski definition) is 3. The molecule has 1 aromatic carbocycles. The summed E-state index contributed by atoms with van der Waals surface area (Å²) in [5, 5.41) is 3.39. The Labute approximate surface area is 121 Å². The monoisotopic (exact) mass is 328 g/mol. The van der Waals surface area contributed by atoms with Crippen molar-refractivity contribution in [3.05, 3.63) is 28.2 Å². The van der Waals surface area contributed by atoms with Gasteiger partial charge < -0.3 is 15.8 Å². The smallest absolute Gasteiger partial charge is 0.106 e. The molecule has 0 bridgehead atoms. The maximum Gasteiger partial charge on any atom is 0.106 e. The van der Waals surface area contributed by atoms with Crippen LogP contribution in [0.1, 0.15) is 25.3 Å². The first kappa shape index (κ1) is 13.8. The fourth-order valence-electron chi connectivity index (χ4n) is 2.13. The Morgan fingerprint density at radius 1 is 1.61 bits per heavy atom. The van der Waals surface area contributed by atoms with Gasteiger partial charge in [0.1, 0.15) is 4.99 Å². The summed E-state index contributed by atoms with van der Waals surface area (Å²) in [7, 11) is 0. The van der Waals surface area contributed by atoms with Gasteiger partial charge in [-0.2, -0.15) is 0 Å². The molecule has 1 aliphatic rings. The number of hydrogen-bond donors (Lipinski definition) is 2. The largest absolute Gasteiger partial charge is 0.389 e. The van der Waals surface area contributed by atoms with E-state index in [1.807, 2.05) is 18.2 Å². The van der Waals surface area contributed by atoms with Gasteiger partial charge in [-0.25, -0.2) is 0 Å². The van der Waals surface area contributed by atoms with Crippen LogP contribution in [0.3, 0.4) is 0 Å². The van der Waals surface area contributed by atoms with Crippen LogP contribution in [0.25, 0.3) is 0 Å². The van der Waals surface area contributed by atoms with E-state index >= 15 is 0 Å². The molecule has 98 valence electrons. The molecule has 0 aliphatic carbocycles. The third kappa shape index (κ3) is 3.22. The third-order valence-electron chi connectivity index (χ3n) is 3.20. The summed E-state index contributed by atoms with van der Waals surface area (Å²) < 4.78 is 6.72. The van der Waals surface area contributed by atoms with E-state index in [-0.39, 0.29) is 5.60 Å². The highest BCUT2D eigenvalue weighted by atomic mass is 79.9. The van der Waals surface area contributed by atoms with Crippen molar-refractivity contribution in [3.8, 4) is 0 Å². The van der Waals surface area contributed by atoms with E-state index in [4.69, 9.17) is 22.7 Å². The summed E-state index contributed by atoms with van der Waals surface area (Å²) >= 11 is 8.50. The fourth-order valence-corrected chi connectivity index (χ4v) is 2.66. The van der Waals surface area contributed by atoms with Crippen molar-refractivity contribution in [2.75, 3.05) is 18.5 Å². The average molecular weight is 329 g/mol. The zero-order valence-corrected chi connectivity index (χ0v) is 12.7. The fraction of sp³-hybridized carbons (Fsp3) is 0.462. The summed E-state index contributed by atoms with van der Waals surface area (Å²) in [6.45, 7) is 3.75.